The first-order valence-corrected chi connectivity index (χ1v) is 10.9. The molecule has 0 spiro atoms. The van der Waals surface area contributed by atoms with Crippen LogP contribution in [0.2, 0.25) is 0 Å². The number of H-pyrrole nitrogens is 1. The van der Waals surface area contributed by atoms with Gasteiger partial charge in [0.25, 0.3) is 11.5 Å². The zero-order valence-electron chi connectivity index (χ0n) is 18.9. The molecule has 0 fully saturated rings. The number of rotatable bonds is 10. The number of hydrogen-bond acceptors (Lipinski definition) is 6. The molecular formula is C24H29N3O5. The summed E-state index contributed by atoms with van der Waals surface area (Å²) in [5.74, 6) is 1.59. The predicted molar refractivity (Wildman–Crippen MR) is 123 cm³/mol. The largest absolute Gasteiger partial charge is 0.490 e. The molecule has 1 heterocycles. The highest BCUT2D eigenvalue weighted by Gasteiger charge is 2.22. The van der Waals surface area contributed by atoms with E-state index in [1.807, 2.05) is 33.8 Å². The Morgan fingerprint density at radius 3 is 2.19 bits per heavy atom. The number of ether oxygens (including phenoxy) is 3. The third-order valence-electron chi connectivity index (χ3n) is 4.83. The quantitative estimate of drug-likeness (QED) is 0.517. The summed E-state index contributed by atoms with van der Waals surface area (Å²) in [6.07, 6.45) is 0. The van der Waals surface area contributed by atoms with Gasteiger partial charge in [-0.25, -0.2) is 4.98 Å². The van der Waals surface area contributed by atoms with E-state index in [1.54, 1.807) is 35.2 Å². The van der Waals surface area contributed by atoms with Crippen LogP contribution in [0.4, 0.5) is 0 Å². The first-order chi connectivity index (χ1) is 15.5. The summed E-state index contributed by atoms with van der Waals surface area (Å²) in [5, 5.41) is 0.514. The lowest BCUT2D eigenvalue weighted by Crippen LogP contribution is -2.32. The van der Waals surface area contributed by atoms with Gasteiger partial charge in [0.05, 0.1) is 37.3 Å². The van der Waals surface area contributed by atoms with Crippen LogP contribution in [0, 0.1) is 0 Å². The minimum Gasteiger partial charge on any atom is -0.490 e. The van der Waals surface area contributed by atoms with Crippen molar-refractivity contribution >= 4 is 16.8 Å². The average Bonchev–Trinajstić information content (AvgIpc) is 2.79. The number of nitrogens with one attached hydrogen (secondary N) is 1. The third kappa shape index (κ3) is 5.01. The van der Waals surface area contributed by atoms with Crippen molar-refractivity contribution in [2.45, 2.75) is 34.2 Å². The highest BCUT2D eigenvalue weighted by atomic mass is 16.5. The molecule has 32 heavy (non-hydrogen) atoms. The molecule has 0 unspecified atom stereocenters. The van der Waals surface area contributed by atoms with Gasteiger partial charge in [-0.15, -0.1) is 0 Å². The van der Waals surface area contributed by atoms with E-state index in [0.29, 0.717) is 65.9 Å². The summed E-state index contributed by atoms with van der Waals surface area (Å²) in [6.45, 7) is 9.35. The maximum absolute atomic E-state index is 13.4. The van der Waals surface area contributed by atoms with Gasteiger partial charge in [-0.1, -0.05) is 12.1 Å². The molecule has 1 N–H and O–H groups in total. The van der Waals surface area contributed by atoms with Crippen molar-refractivity contribution in [3.05, 3.63) is 58.1 Å². The van der Waals surface area contributed by atoms with Crippen molar-refractivity contribution in [2.24, 2.45) is 0 Å². The number of carbonyl (C=O) groups is 1. The van der Waals surface area contributed by atoms with E-state index in [9.17, 15) is 9.59 Å². The first-order valence-electron chi connectivity index (χ1n) is 10.9. The Morgan fingerprint density at radius 1 is 0.969 bits per heavy atom. The molecule has 0 aliphatic rings. The molecule has 170 valence electrons. The van der Waals surface area contributed by atoms with Gasteiger partial charge in [-0.2, -0.15) is 0 Å². The highest BCUT2D eigenvalue weighted by molar-refractivity contribution is 5.95. The smallest absolute Gasteiger partial charge is 0.258 e. The average molecular weight is 440 g/mol. The van der Waals surface area contributed by atoms with Crippen molar-refractivity contribution in [1.82, 2.24) is 14.9 Å². The number of aromatic amines is 1. The number of hydrogen-bond donors (Lipinski definition) is 1. The molecule has 2 aromatic carbocycles. The van der Waals surface area contributed by atoms with Crippen LogP contribution in [0.1, 0.15) is 43.9 Å². The summed E-state index contributed by atoms with van der Waals surface area (Å²) < 4.78 is 17.2. The second-order valence-electron chi connectivity index (χ2n) is 6.95. The number of nitrogens with zero attached hydrogens (tertiary/aromatic N) is 2. The number of benzene rings is 2. The second kappa shape index (κ2) is 10.7. The topological polar surface area (TPSA) is 93.8 Å². The van der Waals surface area contributed by atoms with Crippen LogP contribution in [0.5, 0.6) is 17.2 Å². The molecule has 0 aliphatic carbocycles. The summed E-state index contributed by atoms with van der Waals surface area (Å²) in [5.41, 5.74) is 0.769. The van der Waals surface area contributed by atoms with Gasteiger partial charge in [-0.3, -0.25) is 9.59 Å². The van der Waals surface area contributed by atoms with Crippen molar-refractivity contribution < 1.29 is 19.0 Å². The Labute approximate surface area is 187 Å². The van der Waals surface area contributed by atoms with Gasteiger partial charge >= 0.3 is 0 Å². The standard InChI is InChI=1S/C24H29N3O5/c1-5-27(15-21-25-18-12-10-9-11-17(18)23(28)26-21)24(29)16-13-19(30-6-2)22(32-8-4)20(14-16)31-7-3/h9-14H,5-8,15H2,1-4H3,(H,25,26,28). The molecule has 0 saturated carbocycles. The molecule has 8 nitrogen and oxygen atoms in total. The molecule has 0 aliphatic heterocycles. The number of fused-ring (bicyclic) bond motifs is 1. The lowest BCUT2D eigenvalue weighted by molar-refractivity contribution is 0.0747. The zero-order chi connectivity index (χ0) is 23.1. The predicted octanol–water partition coefficient (Wildman–Crippen LogP) is 3.78. The molecule has 1 aromatic heterocycles. The van der Waals surface area contributed by atoms with E-state index >= 15 is 0 Å². The van der Waals surface area contributed by atoms with Gasteiger partial charge < -0.3 is 24.1 Å². The minimum atomic E-state index is -0.229. The van der Waals surface area contributed by atoms with Crippen LogP contribution in [0.15, 0.2) is 41.2 Å². The molecular weight excluding hydrogens is 410 g/mol. The monoisotopic (exact) mass is 439 g/mol. The molecule has 0 bridgehead atoms. The summed E-state index contributed by atoms with van der Waals surface area (Å²) in [7, 11) is 0. The fraction of sp³-hybridized carbons (Fsp3) is 0.375. The molecule has 3 aromatic rings. The summed E-state index contributed by atoms with van der Waals surface area (Å²) >= 11 is 0. The number of carbonyl (C=O) groups excluding carboxylic acids is 1. The fourth-order valence-corrected chi connectivity index (χ4v) is 3.41. The Hall–Kier alpha value is -3.55. The first kappa shape index (κ1) is 23.1. The van der Waals surface area contributed by atoms with Gasteiger partial charge in [0.2, 0.25) is 5.75 Å². The van der Waals surface area contributed by atoms with Crippen LogP contribution in [-0.4, -0.2) is 47.1 Å². The maximum Gasteiger partial charge on any atom is 0.258 e. The van der Waals surface area contributed by atoms with Crippen molar-refractivity contribution in [1.29, 1.82) is 0 Å². The van der Waals surface area contributed by atoms with E-state index in [1.165, 1.54) is 0 Å². The normalized spacial score (nSPS) is 10.8. The lowest BCUT2D eigenvalue weighted by Gasteiger charge is -2.22. The van der Waals surface area contributed by atoms with E-state index in [0.717, 1.165) is 0 Å². The molecule has 0 atom stereocenters. The minimum absolute atomic E-state index is 0.163. The summed E-state index contributed by atoms with van der Waals surface area (Å²) in [4.78, 5) is 34.7. The van der Waals surface area contributed by atoms with E-state index in [-0.39, 0.29) is 18.0 Å². The van der Waals surface area contributed by atoms with Crippen LogP contribution in [0.3, 0.4) is 0 Å². The van der Waals surface area contributed by atoms with Gasteiger partial charge in [0.15, 0.2) is 11.5 Å². The lowest BCUT2D eigenvalue weighted by atomic mass is 10.1. The number of para-hydroxylation sites is 1. The van der Waals surface area contributed by atoms with Gasteiger partial charge in [0.1, 0.15) is 5.82 Å². The maximum atomic E-state index is 13.4. The Morgan fingerprint density at radius 2 is 1.59 bits per heavy atom. The number of aromatic nitrogens is 2. The van der Waals surface area contributed by atoms with E-state index in [4.69, 9.17) is 14.2 Å². The van der Waals surface area contributed by atoms with Crippen LogP contribution >= 0.6 is 0 Å². The Bertz CT molecular complexity index is 1110. The Kier molecular flexibility index (Phi) is 7.70. The van der Waals surface area contributed by atoms with Crippen LogP contribution in [0.25, 0.3) is 10.9 Å². The zero-order valence-corrected chi connectivity index (χ0v) is 18.9. The summed E-state index contributed by atoms with van der Waals surface area (Å²) in [6, 6.07) is 10.4. The Balaban J connectivity index is 1.96. The van der Waals surface area contributed by atoms with Crippen LogP contribution < -0.4 is 19.8 Å². The highest BCUT2D eigenvalue weighted by Crippen LogP contribution is 2.39. The third-order valence-corrected chi connectivity index (χ3v) is 4.83. The van der Waals surface area contributed by atoms with Crippen LogP contribution in [-0.2, 0) is 6.54 Å². The number of amides is 1. The molecule has 3 rings (SSSR count). The van der Waals surface area contributed by atoms with Gasteiger partial charge in [0, 0.05) is 12.1 Å². The van der Waals surface area contributed by atoms with E-state index in [2.05, 4.69) is 9.97 Å². The second-order valence-corrected chi connectivity index (χ2v) is 6.95. The fourth-order valence-electron chi connectivity index (χ4n) is 3.41. The van der Waals surface area contributed by atoms with Crippen molar-refractivity contribution in [3.8, 4) is 17.2 Å². The molecule has 0 radical (unpaired) electrons. The van der Waals surface area contributed by atoms with E-state index < -0.39 is 0 Å². The van der Waals surface area contributed by atoms with Crippen molar-refractivity contribution in [3.63, 3.8) is 0 Å². The van der Waals surface area contributed by atoms with Crippen molar-refractivity contribution in [2.75, 3.05) is 26.4 Å². The molecule has 1 amide bonds. The molecule has 8 heteroatoms. The molecule has 0 saturated heterocycles. The van der Waals surface area contributed by atoms with Gasteiger partial charge in [-0.05, 0) is 52.0 Å². The SMILES string of the molecule is CCOc1cc(C(=O)N(CC)Cc2nc3ccccc3c(=O)[nH]2)cc(OCC)c1OCC.